The summed E-state index contributed by atoms with van der Waals surface area (Å²) in [5.41, 5.74) is 11.5. The van der Waals surface area contributed by atoms with E-state index in [0.29, 0.717) is 23.9 Å². The van der Waals surface area contributed by atoms with Gasteiger partial charge in [0.05, 0.1) is 29.3 Å². The number of pyridine rings is 1. The van der Waals surface area contributed by atoms with E-state index in [1.807, 2.05) is 62.4 Å². The number of aromatic nitrogens is 3. The summed E-state index contributed by atoms with van der Waals surface area (Å²) in [6.07, 6.45) is 2.55. The Morgan fingerprint density at radius 1 is 1.03 bits per heavy atom. The number of nitrogens with one attached hydrogen (secondary N) is 1. The second-order valence-corrected chi connectivity index (χ2v) is 8.02. The zero-order chi connectivity index (χ0) is 23.9. The third-order valence-corrected chi connectivity index (χ3v) is 4.92. The van der Waals surface area contributed by atoms with Crippen molar-refractivity contribution < 1.29 is 4.74 Å². The van der Waals surface area contributed by atoms with Gasteiger partial charge in [-0.3, -0.25) is 0 Å². The van der Waals surface area contributed by atoms with Gasteiger partial charge in [0.25, 0.3) is 0 Å². The molecule has 0 aliphatic rings. The van der Waals surface area contributed by atoms with Crippen LogP contribution in [0, 0.1) is 6.92 Å². The van der Waals surface area contributed by atoms with Crippen LogP contribution in [0.5, 0.6) is 5.88 Å². The van der Waals surface area contributed by atoms with Gasteiger partial charge < -0.3 is 15.8 Å². The Morgan fingerprint density at radius 3 is 2.59 bits per heavy atom. The minimum absolute atomic E-state index is 0.0490. The lowest BCUT2D eigenvalue weighted by Gasteiger charge is -2.14. The molecule has 3 N–H and O–H groups in total. The van der Waals surface area contributed by atoms with Gasteiger partial charge >= 0.3 is 0 Å². The van der Waals surface area contributed by atoms with Gasteiger partial charge in [0.2, 0.25) is 11.8 Å². The van der Waals surface area contributed by atoms with Crippen LogP contribution in [0.3, 0.4) is 0 Å². The normalized spacial score (nSPS) is 11.6. The van der Waals surface area contributed by atoms with Crippen molar-refractivity contribution in [3.8, 4) is 17.1 Å². The molecule has 2 heterocycles. The largest absolute Gasteiger partial charge is 0.473 e. The molecule has 8 nitrogen and oxygen atoms in total. The van der Waals surface area contributed by atoms with Gasteiger partial charge in [-0.25, -0.2) is 20.0 Å². The molecule has 0 amide bonds. The Hall–Kier alpha value is -4.33. The molecule has 0 atom stereocenters. The highest BCUT2D eigenvalue weighted by atomic mass is 16.5. The fourth-order valence-corrected chi connectivity index (χ4v) is 3.36. The van der Waals surface area contributed by atoms with E-state index in [1.165, 1.54) is 18.2 Å². The maximum Gasteiger partial charge on any atom is 0.245 e. The molecule has 0 bridgehead atoms. The van der Waals surface area contributed by atoms with Gasteiger partial charge in [-0.15, -0.1) is 0 Å². The van der Waals surface area contributed by atoms with Gasteiger partial charge in [-0.05, 0) is 56.7 Å². The van der Waals surface area contributed by atoms with Crippen LogP contribution in [0.15, 0.2) is 70.6 Å². The minimum Gasteiger partial charge on any atom is -0.473 e. The Bertz CT molecular complexity index is 1330. The maximum atomic E-state index is 6.01. The number of benzene rings is 2. The van der Waals surface area contributed by atoms with Crippen molar-refractivity contribution in [2.45, 2.75) is 33.4 Å². The van der Waals surface area contributed by atoms with Crippen molar-refractivity contribution in [3.05, 3.63) is 71.8 Å². The van der Waals surface area contributed by atoms with E-state index in [4.69, 9.17) is 15.5 Å². The number of hydrogen-bond acceptors (Lipinski definition) is 6. The molecule has 172 valence electrons. The van der Waals surface area contributed by atoms with Gasteiger partial charge in [0.1, 0.15) is 6.34 Å². The summed E-state index contributed by atoms with van der Waals surface area (Å²) in [4.78, 5) is 22.1. The Kier molecular flexibility index (Phi) is 7.07. The zero-order valence-electron chi connectivity index (χ0n) is 19.4. The van der Waals surface area contributed by atoms with Crippen molar-refractivity contribution >= 4 is 35.3 Å². The fourth-order valence-electron chi connectivity index (χ4n) is 3.36. The van der Waals surface area contributed by atoms with Crippen LogP contribution in [-0.4, -0.2) is 33.7 Å². The molecular weight excluding hydrogens is 426 g/mol. The van der Waals surface area contributed by atoms with Crippen LogP contribution >= 0.6 is 0 Å². The topological polar surface area (TPSA) is 111 Å². The predicted molar refractivity (Wildman–Crippen MR) is 138 cm³/mol. The summed E-state index contributed by atoms with van der Waals surface area (Å²) < 4.78 is 6.01. The lowest BCUT2D eigenvalue weighted by Crippen LogP contribution is -2.11. The monoisotopic (exact) mass is 453 g/mol. The molecule has 0 aliphatic carbocycles. The number of nitrogens with two attached hydrogens (primary N) is 1. The van der Waals surface area contributed by atoms with E-state index in [2.05, 4.69) is 44.3 Å². The quantitative estimate of drug-likeness (QED) is 0.285. The summed E-state index contributed by atoms with van der Waals surface area (Å²) in [6.45, 7) is 6.55. The molecule has 4 aromatic rings. The zero-order valence-corrected chi connectivity index (χ0v) is 19.4. The number of ether oxygens (including phenoxy) is 1. The number of rotatable bonds is 8. The number of anilines is 1. The van der Waals surface area contributed by atoms with E-state index < -0.39 is 0 Å². The third kappa shape index (κ3) is 5.72. The standard InChI is InChI=1S/C26H27N7O/c1-17(2)34-25-24-23(12-11-22(31-24)20-6-4-5-18(3)13-20)32-26(33-25)29-14-19-7-9-21(10-8-19)30-16-28-15-27/h4-13,15-17H,14H2,1-3H3,(H2,27,28,30)(H,29,32,33). The Morgan fingerprint density at radius 2 is 1.85 bits per heavy atom. The highest BCUT2D eigenvalue weighted by molar-refractivity contribution is 5.83. The van der Waals surface area contributed by atoms with Gasteiger partial charge in [-0.2, -0.15) is 4.98 Å². The van der Waals surface area contributed by atoms with Crippen molar-refractivity contribution in [2.24, 2.45) is 15.7 Å². The highest BCUT2D eigenvalue weighted by Gasteiger charge is 2.14. The van der Waals surface area contributed by atoms with E-state index in [-0.39, 0.29) is 6.10 Å². The summed E-state index contributed by atoms with van der Waals surface area (Å²) >= 11 is 0. The molecule has 8 heteroatoms. The first-order chi connectivity index (χ1) is 16.5. The molecule has 0 aliphatic heterocycles. The van der Waals surface area contributed by atoms with Gasteiger partial charge in [0.15, 0.2) is 5.52 Å². The molecule has 0 saturated carbocycles. The van der Waals surface area contributed by atoms with Crippen LogP contribution in [-0.2, 0) is 6.54 Å². The van der Waals surface area contributed by atoms with Crippen molar-refractivity contribution in [2.75, 3.05) is 5.32 Å². The third-order valence-electron chi connectivity index (χ3n) is 4.92. The van der Waals surface area contributed by atoms with Crippen LogP contribution < -0.4 is 15.8 Å². The molecule has 2 aromatic heterocycles. The molecule has 34 heavy (non-hydrogen) atoms. The minimum atomic E-state index is -0.0490. The molecule has 2 aromatic carbocycles. The average molecular weight is 454 g/mol. The van der Waals surface area contributed by atoms with Gasteiger partial charge in [0, 0.05) is 12.1 Å². The summed E-state index contributed by atoms with van der Waals surface area (Å²) in [5, 5.41) is 3.28. The molecule has 0 unspecified atom stereocenters. The number of aliphatic imine (C=N–C) groups is 2. The molecule has 0 radical (unpaired) electrons. The molecule has 4 rings (SSSR count). The summed E-state index contributed by atoms with van der Waals surface area (Å²) in [5.74, 6) is 0.940. The lowest BCUT2D eigenvalue weighted by atomic mass is 10.1. The Labute approximate surface area is 198 Å². The second kappa shape index (κ2) is 10.5. The van der Waals surface area contributed by atoms with Gasteiger partial charge in [-0.1, -0.05) is 35.9 Å². The SMILES string of the molecule is Cc1cccc(-c2ccc3nc(NCc4ccc(N=CN=CN)cc4)nc(OC(C)C)c3n2)c1. The van der Waals surface area contributed by atoms with E-state index in [0.717, 1.165) is 28.0 Å². The number of aryl methyl sites for hydroxylation is 1. The first-order valence-corrected chi connectivity index (χ1v) is 11.0. The Balaban J connectivity index is 1.59. The van der Waals surface area contributed by atoms with Crippen LogP contribution in [0.4, 0.5) is 11.6 Å². The van der Waals surface area contributed by atoms with Crippen molar-refractivity contribution in [3.63, 3.8) is 0 Å². The number of fused-ring (bicyclic) bond motifs is 1. The van der Waals surface area contributed by atoms with E-state index in [1.54, 1.807) is 0 Å². The van der Waals surface area contributed by atoms with E-state index >= 15 is 0 Å². The van der Waals surface area contributed by atoms with Crippen molar-refractivity contribution in [1.29, 1.82) is 0 Å². The molecular formula is C26H27N7O. The van der Waals surface area contributed by atoms with Crippen molar-refractivity contribution in [1.82, 2.24) is 15.0 Å². The molecule has 0 spiro atoms. The highest BCUT2D eigenvalue weighted by Crippen LogP contribution is 2.27. The smallest absolute Gasteiger partial charge is 0.245 e. The first-order valence-electron chi connectivity index (χ1n) is 11.0. The maximum absolute atomic E-state index is 6.01. The van der Waals surface area contributed by atoms with E-state index in [9.17, 15) is 0 Å². The number of nitrogens with zero attached hydrogens (tertiary/aromatic N) is 5. The summed E-state index contributed by atoms with van der Waals surface area (Å²) in [7, 11) is 0. The predicted octanol–water partition coefficient (Wildman–Crippen LogP) is 5.05. The first kappa shape index (κ1) is 22.8. The molecule has 0 saturated heterocycles. The fraction of sp³-hybridized carbons (Fsp3) is 0.192. The second-order valence-electron chi connectivity index (χ2n) is 8.02. The number of hydrogen-bond donors (Lipinski definition) is 2. The molecule has 0 fully saturated rings. The van der Waals surface area contributed by atoms with Crippen LogP contribution in [0.1, 0.15) is 25.0 Å². The average Bonchev–Trinajstić information content (AvgIpc) is 2.83. The summed E-state index contributed by atoms with van der Waals surface area (Å²) in [6, 6.07) is 19.9. The van der Waals surface area contributed by atoms with Crippen LogP contribution in [0.2, 0.25) is 0 Å². The lowest BCUT2D eigenvalue weighted by molar-refractivity contribution is 0.235. The van der Waals surface area contributed by atoms with Crippen LogP contribution in [0.25, 0.3) is 22.3 Å².